The smallest absolute Gasteiger partial charge is 0.206 e. The Hall–Kier alpha value is -2.80. The topological polar surface area (TPSA) is 66.5 Å². The molecule has 7 heteroatoms. The van der Waals surface area contributed by atoms with E-state index in [4.69, 9.17) is 0 Å². The van der Waals surface area contributed by atoms with E-state index in [1.165, 1.54) is 17.4 Å². The Morgan fingerprint density at radius 1 is 1.17 bits per heavy atom. The molecule has 0 aliphatic heterocycles. The van der Waals surface area contributed by atoms with Gasteiger partial charge in [-0.15, -0.1) is 10.2 Å². The molecular weight excluding hydrogens is 325 g/mol. The Kier molecular flexibility index (Phi) is 3.70. The first-order chi connectivity index (χ1) is 11.7. The molecule has 1 atom stereocenters. The van der Waals surface area contributed by atoms with Gasteiger partial charge in [-0.25, -0.2) is 4.39 Å². The molecular formula is C17H14FN5S. The maximum absolute atomic E-state index is 13.7. The maximum atomic E-state index is 13.7. The van der Waals surface area contributed by atoms with Gasteiger partial charge in [0.05, 0.1) is 6.04 Å². The zero-order valence-corrected chi connectivity index (χ0v) is 13.6. The SMILES string of the molecule is Cc1nnc(NC(c2ccncc2)c2c[nH]c3ccc(F)cc23)s1. The lowest BCUT2D eigenvalue weighted by Crippen LogP contribution is -2.12. The quantitative estimate of drug-likeness (QED) is 0.588. The Morgan fingerprint density at radius 2 is 2.00 bits per heavy atom. The standard InChI is InChI=1S/C17H14FN5S/c1-10-22-23-17(24-10)21-16(11-4-6-19-7-5-11)14-9-20-15-3-2-12(18)8-13(14)15/h2-9,16,20H,1H3,(H,21,23). The van der Waals surface area contributed by atoms with Crippen LogP contribution in [0.15, 0.2) is 48.9 Å². The van der Waals surface area contributed by atoms with E-state index in [-0.39, 0.29) is 11.9 Å². The fourth-order valence-corrected chi connectivity index (χ4v) is 3.35. The summed E-state index contributed by atoms with van der Waals surface area (Å²) in [5.74, 6) is -0.261. The summed E-state index contributed by atoms with van der Waals surface area (Å²) >= 11 is 1.48. The molecule has 0 spiro atoms. The molecule has 0 radical (unpaired) electrons. The van der Waals surface area contributed by atoms with Crippen molar-refractivity contribution in [1.29, 1.82) is 0 Å². The normalized spacial score (nSPS) is 12.4. The first-order valence-corrected chi connectivity index (χ1v) is 8.25. The van der Waals surface area contributed by atoms with Crippen molar-refractivity contribution in [3.8, 4) is 0 Å². The second-order valence-electron chi connectivity index (χ2n) is 5.42. The number of pyridine rings is 1. The van der Waals surface area contributed by atoms with Crippen LogP contribution in [0.2, 0.25) is 0 Å². The van der Waals surface area contributed by atoms with E-state index in [1.807, 2.05) is 25.3 Å². The molecule has 2 N–H and O–H groups in total. The number of anilines is 1. The van der Waals surface area contributed by atoms with Crippen molar-refractivity contribution >= 4 is 27.4 Å². The van der Waals surface area contributed by atoms with Crippen LogP contribution in [0.4, 0.5) is 9.52 Å². The molecule has 0 saturated carbocycles. The van der Waals surface area contributed by atoms with Gasteiger partial charge in [-0.3, -0.25) is 4.98 Å². The van der Waals surface area contributed by atoms with Gasteiger partial charge in [0.1, 0.15) is 10.8 Å². The molecule has 1 aromatic carbocycles. The summed E-state index contributed by atoms with van der Waals surface area (Å²) in [5.41, 5.74) is 2.85. The second-order valence-corrected chi connectivity index (χ2v) is 6.60. The largest absolute Gasteiger partial charge is 0.361 e. The van der Waals surface area contributed by atoms with Crippen LogP contribution in [0, 0.1) is 12.7 Å². The van der Waals surface area contributed by atoms with Gasteiger partial charge in [0, 0.05) is 35.1 Å². The maximum Gasteiger partial charge on any atom is 0.206 e. The number of nitrogens with zero attached hydrogens (tertiary/aromatic N) is 3. The van der Waals surface area contributed by atoms with E-state index in [9.17, 15) is 4.39 Å². The Labute approximate surface area is 141 Å². The number of rotatable bonds is 4. The molecule has 1 unspecified atom stereocenters. The zero-order chi connectivity index (χ0) is 16.5. The van der Waals surface area contributed by atoms with Crippen LogP contribution >= 0.6 is 11.3 Å². The number of benzene rings is 1. The summed E-state index contributed by atoms with van der Waals surface area (Å²) in [7, 11) is 0. The van der Waals surface area contributed by atoms with E-state index in [0.29, 0.717) is 0 Å². The molecule has 3 heterocycles. The molecule has 0 fully saturated rings. The molecule has 0 amide bonds. The van der Waals surface area contributed by atoms with Gasteiger partial charge >= 0.3 is 0 Å². The lowest BCUT2D eigenvalue weighted by Gasteiger charge is -2.18. The molecule has 120 valence electrons. The molecule has 4 rings (SSSR count). The Bertz CT molecular complexity index is 979. The third kappa shape index (κ3) is 2.74. The van der Waals surface area contributed by atoms with Gasteiger partial charge in [0.2, 0.25) is 5.13 Å². The number of nitrogens with one attached hydrogen (secondary N) is 2. The highest BCUT2D eigenvalue weighted by molar-refractivity contribution is 7.15. The van der Waals surface area contributed by atoms with Crippen LogP contribution in [0.1, 0.15) is 22.2 Å². The number of H-pyrrole nitrogens is 1. The molecule has 0 aliphatic rings. The Morgan fingerprint density at radius 3 is 2.75 bits per heavy atom. The van der Waals surface area contributed by atoms with Crippen molar-refractivity contribution in [1.82, 2.24) is 20.2 Å². The third-order valence-corrected chi connectivity index (χ3v) is 4.59. The van der Waals surface area contributed by atoms with Crippen molar-refractivity contribution in [2.45, 2.75) is 13.0 Å². The lowest BCUT2D eigenvalue weighted by molar-refractivity contribution is 0.629. The first-order valence-electron chi connectivity index (χ1n) is 7.44. The summed E-state index contributed by atoms with van der Waals surface area (Å²) < 4.78 is 13.7. The van der Waals surface area contributed by atoms with E-state index in [1.54, 1.807) is 24.5 Å². The highest BCUT2D eigenvalue weighted by atomic mass is 32.1. The fraction of sp³-hybridized carbons (Fsp3) is 0.118. The van der Waals surface area contributed by atoms with Crippen LogP contribution in [-0.2, 0) is 0 Å². The van der Waals surface area contributed by atoms with Crippen molar-refractivity contribution < 1.29 is 4.39 Å². The minimum Gasteiger partial charge on any atom is -0.361 e. The molecule has 3 aromatic heterocycles. The average molecular weight is 339 g/mol. The van der Waals surface area contributed by atoms with Crippen LogP contribution < -0.4 is 5.32 Å². The van der Waals surface area contributed by atoms with E-state index >= 15 is 0 Å². The summed E-state index contributed by atoms with van der Waals surface area (Å²) in [4.78, 5) is 7.28. The van der Waals surface area contributed by atoms with Crippen molar-refractivity contribution in [2.24, 2.45) is 0 Å². The van der Waals surface area contributed by atoms with E-state index in [0.717, 1.165) is 32.2 Å². The van der Waals surface area contributed by atoms with Gasteiger partial charge in [0.15, 0.2) is 0 Å². The number of hydrogen-bond donors (Lipinski definition) is 2. The first kappa shape index (κ1) is 14.8. The fourth-order valence-electron chi connectivity index (χ4n) is 2.73. The van der Waals surface area contributed by atoms with Gasteiger partial charge < -0.3 is 10.3 Å². The second kappa shape index (κ2) is 6.01. The number of halogens is 1. The predicted octanol–water partition coefficient (Wildman–Crippen LogP) is 4.06. The monoisotopic (exact) mass is 339 g/mol. The van der Waals surface area contributed by atoms with Crippen molar-refractivity contribution in [3.63, 3.8) is 0 Å². The van der Waals surface area contributed by atoms with Crippen LogP contribution in [-0.4, -0.2) is 20.2 Å². The number of hydrogen-bond acceptors (Lipinski definition) is 5. The van der Waals surface area contributed by atoms with Crippen molar-refractivity contribution in [2.75, 3.05) is 5.32 Å². The summed E-state index contributed by atoms with van der Waals surface area (Å²) in [6.07, 6.45) is 5.38. The highest BCUT2D eigenvalue weighted by Crippen LogP contribution is 2.32. The van der Waals surface area contributed by atoms with Crippen molar-refractivity contribution in [3.05, 3.63) is 70.9 Å². The number of fused-ring (bicyclic) bond motifs is 1. The minimum absolute atomic E-state index is 0.184. The molecule has 4 aromatic rings. The highest BCUT2D eigenvalue weighted by Gasteiger charge is 2.20. The van der Waals surface area contributed by atoms with E-state index in [2.05, 4.69) is 25.5 Å². The molecule has 0 saturated heterocycles. The summed E-state index contributed by atoms with van der Waals surface area (Å²) in [6, 6.07) is 8.42. The number of aromatic nitrogens is 4. The number of aryl methyl sites for hydroxylation is 1. The van der Waals surface area contributed by atoms with Gasteiger partial charge in [0.25, 0.3) is 0 Å². The molecule has 5 nitrogen and oxygen atoms in total. The Balaban J connectivity index is 1.83. The van der Waals surface area contributed by atoms with Gasteiger partial charge in [-0.05, 0) is 42.8 Å². The summed E-state index contributed by atoms with van der Waals surface area (Å²) in [5, 5.41) is 14.0. The van der Waals surface area contributed by atoms with Crippen LogP contribution in [0.5, 0.6) is 0 Å². The lowest BCUT2D eigenvalue weighted by atomic mass is 9.99. The van der Waals surface area contributed by atoms with Gasteiger partial charge in [-0.2, -0.15) is 0 Å². The van der Waals surface area contributed by atoms with Crippen LogP contribution in [0.25, 0.3) is 10.9 Å². The van der Waals surface area contributed by atoms with Crippen LogP contribution in [0.3, 0.4) is 0 Å². The molecule has 0 bridgehead atoms. The molecule has 0 aliphatic carbocycles. The number of aromatic amines is 1. The molecule has 24 heavy (non-hydrogen) atoms. The van der Waals surface area contributed by atoms with Gasteiger partial charge in [-0.1, -0.05) is 11.3 Å². The zero-order valence-electron chi connectivity index (χ0n) is 12.8. The average Bonchev–Trinajstić information content (AvgIpc) is 3.19. The predicted molar refractivity (Wildman–Crippen MR) is 92.6 cm³/mol. The summed E-state index contributed by atoms with van der Waals surface area (Å²) in [6.45, 7) is 1.91. The minimum atomic E-state index is -0.261. The third-order valence-electron chi connectivity index (χ3n) is 3.82. The van der Waals surface area contributed by atoms with E-state index < -0.39 is 0 Å².